The molecule has 20 nitrogen and oxygen atoms in total. The van der Waals surface area contributed by atoms with E-state index in [0.717, 1.165) is 0 Å². The second kappa shape index (κ2) is 17.5. The number of nitrogens with two attached hydrogens (primary N) is 8. The summed E-state index contributed by atoms with van der Waals surface area (Å²) in [6.07, 6.45) is 0. The summed E-state index contributed by atoms with van der Waals surface area (Å²) in [7, 11) is -41.2. The van der Waals surface area contributed by atoms with Gasteiger partial charge in [-0.25, -0.2) is 0 Å². The molecule has 14 rings (SSSR count). The minimum atomic E-state index is -5.15. The summed E-state index contributed by atoms with van der Waals surface area (Å²) in [4.78, 5) is 0. The van der Waals surface area contributed by atoms with Crippen LogP contribution in [0.15, 0.2) is 194 Å². The van der Waals surface area contributed by atoms with Gasteiger partial charge in [-0.15, -0.1) is 0 Å². The van der Waals surface area contributed by atoms with Crippen LogP contribution in [0.2, 0.25) is 0 Å². The van der Waals surface area contributed by atoms with E-state index < -0.39 is 70.4 Å². The minimum absolute atomic E-state index is 0.302. The van der Waals surface area contributed by atoms with Gasteiger partial charge in [-0.2, -0.15) is 0 Å². The van der Waals surface area contributed by atoms with Crippen molar-refractivity contribution < 1.29 is 49.4 Å². The predicted molar refractivity (Wildman–Crippen MR) is 303 cm³/mol. The third-order valence-electron chi connectivity index (χ3n) is 13.1. The fraction of sp³-hybridized carbons (Fsp3) is 0. The summed E-state index contributed by atoms with van der Waals surface area (Å²) in [6, 6.07) is 55.2. The lowest BCUT2D eigenvalue weighted by atomic mass is 10.3. The molecule has 0 atom stereocenters. The van der Waals surface area contributed by atoms with E-state index in [1.54, 1.807) is 194 Å². The van der Waals surface area contributed by atoms with E-state index in [0.29, 0.717) is 87.0 Å². The maximum atomic E-state index is 8.10. The first-order valence-corrected chi connectivity index (χ1v) is 37.6. The van der Waals surface area contributed by atoms with E-state index in [1.807, 2.05) is 0 Å². The van der Waals surface area contributed by atoms with Gasteiger partial charge in [0, 0.05) is 87.0 Å². The van der Waals surface area contributed by atoms with Crippen molar-refractivity contribution in [2.75, 3.05) is 45.9 Å². The molecule has 0 aromatic heterocycles. The van der Waals surface area contributed by atoms with E-state index >= 15 is 0 Å². The van der Waals surface area contributed by atoms with Crippen LogP contribution < -0.4 is 87.4 Å². The van der Waals surface area contributed by atoms with Crippen molar-refractivity contribution >= 4 is 157 Å². The summed E-state index contributed by atoms with van der Waals surface area (Å²) in [5.74, 6) is 0. The van der Waals surface area contributed by atoms with Crippen molar-refractivity contribution in [3.8, 4) is 0 Å². The van der Waals surface area contributed by atoms with Crippen LogP contribution in [0.25, 0.3) is 0 Å². The normalized spacial score (nSPS) is 31.4. The Hall–Kier alpha value is -6.58. The largest absolute Gasteiger partial charge is 0.515 e. The van der Waals surface area contributed by atoms with E-state index in [-0.39, 0.29) is 0 Å². The number of rotatable bonds is 8. The van der Waals surface area contributed by atoms with Crippen LogP contribution in [-0.4, -0.2) is 70.4 Å². The molecule has 0 amide bonds. The molecule has 6 aliphatic heterocycles. The zero-order valence-electron chi connectivity index (χ0n) is 40.0. The number of benzene rings is 8. The quantitative estimate of drug-likeness (QED) is 0.0714. The van der Waals surface area contributed by atoms with Crippen LogP contribution in [-0.2, 0) is 49.4 Å². The first-order chi connectivity index (χ1) is 36.5. The van der Waals surface area contributed by atoms with Crippen LogP contribution in [0.3, 0.4) is 0 Å². The molecule has 8 bridgehead atoms. The Labute approximate surface area is 444 Å². The highest BCUT2D eigenvalue weighted by molar-refractivity contribution is 7.14. The highest BCUT2D eigenvalue weighted by Crippen LogP contribution is 2.49. The maximum absolute atomic E-state index is 8.10. The Morgan fingerprint density at radius 3 is 0.368 bits per heavy atom. The van der Waals surface area contributed by atoms with Gasteiger partial charge in [-0.3, -0.25) is 0 Å². The standard InChI is InChI=1S/C48H48N8O12Si8/c49-33-9-1-17-41(25-33)69-57-70(42-18-2-10-34(50)26-42)60-73(45-21-5-13-37(53)29-45)62-71(58-69,43-19-3-11-35(51)27-43)64-75(47-23-7-15-39(55)31-47)65-72(59-69,44-20-4-12-36(52)28-44)63-74(61-70,46-22-6-14-38(54)30-46)67-76(66-73,68-75)48-24-8-16-40(56)32-48/h1-32H,49-56H2. The van der Waals surface area contributed by atoms with Crippen molar-refractivity contribution in [3.63, 3.8) is 0 Å². The fourth-order valence-electron chi connectivity index (χ4n) is 9.87. The molecule has 6 heterocycles. The van der Waals surface area contributed by atoms with Crippen molar-refractivity contribution in [1.29, 1.82) is 0 Å². The molecule has 6 fully saturated rings. The summed E-state index contributed by atoms with van der Waals surface area (Å²) in [5, 5.41) is 2.42. The first kappa shape index (κ1) is 49.0. The number of hydrogen-bond donors (Lipinski definition) is 8. The molecule has 8 aromatic rings. The summed E-state index contributed by atoms with van der Waals surface area (Å²) >= 11 is 0. The molecule has 8 aromatic carbocycles. The molecule has 16 N–H and O–H groups in total. The molecule has 0 unspecified atom stereocenters. The number of hydrogen-bond acceptors (Lipinski definition) is 20. The van der Waals surface area contributed by atoms with Gasteiger partial charge < -0.3 is 95.3 Å². The molecular formula is C48H48N8O12Si8. The van der Waals surface area contributed by atoms with Crippen molar-refractivity contribution in [2.24, 2.45) is 0 Å². The lowest BCUT2D eigenvalue weighted by molar-refractivity contribution is -0.00298. The van der Waals surface area contributed by atoms with Crippen LogP contribution >= 0.6 is 0 Å². The minimum Gasteiger partial charge on any atom is -0.399 e. The first-order valence-electron chi connectivity index (χ1n) is 23.8. The van der Waals surface area contributed by atoms with Gasteiger partial charge in [-0.05, 0) is 97.1 Å². The second-order valence-corrected chi connectivity index (χ2v) is 42.0. The topological polar surface area (TPSA) is 319 Å². The lowest BCUT2D eigenvalue weighted by Gasteiger charge is -2.62. The van der Waals surface area contributed by atoms with Crippen LogP contribution in [0.4, 0.5) is 45.5 Å². The molecule has 0 aliphatic carbocycles. The van der Waals surface area contributed by atoms with Gasteiger partial charge in [0.2, 0.25) is 0 Å². The number of anilines is 8. The Kier molecular flexibility index (Phi) is 11.3. The van der Waals surface area contributed by atoms with Crippen molar-refractivity contribution in [1.82, 2.24) is 0 Å². The highest BCUT2D eigenvalue weighted by atomic mass is 28.6. The van der Waals surface area contributed by atoms with E-state index in [9.17, 15) is 0 Å². The summed E-state index contributed by atoms with van der Waals surface area (Å²) in [5.41, 5.74) is 56.7. The van der Waals surface area contributed by atoms with Crippen LogP contribution in [0, 0.1) is 0 Å². The Morgan fingerprint density at radius 1 is 0.171 bits per heavy atom. The monoisotopic (exact) mass is 1150 g/mol. The average Bonchev–Trinajstić information content (AvgIpc) is 3.35. The molecular weight excluding hydrogens is 1110 g/mol. The molecule has 384 valence electrons. The average molecular weight is 1150 g/mol. The lowest BCUT2D eigenvalue weighted by Crippen LogP contribution is -2.96. The second-order valence-electron chi connectivity index (χ2n) is 18.7. The van der Waals surface area contributed by atoms with E-state index in [2.05, 4.69) is 0 Å². The maximum Gasteiger partial charge on any atom is 0.515 e. The van der Waals surface area contributed by atoms with Gasteiger partial charge in [0.25, 0.3) is 0 Å². The summed E-state index contributed by atoms with van der Waals surface area (Å²) < 4.78 is 97.2. The van der Waals surface area contributed by atoms with Crippen LogP contribution in [0.1, 0.15) is 0 Å². The Bertz CT molecular complexity index is 2890. The van der Waals surface area contributed by atoms with Gasteiger partial charge in [0.1, 0.15) is 0 Å². The third-order valence-corrected chi connectivity index (χ3v) is 47.1. The van der Waals surface area contributed by atoms with E-state index in [1.165, 1.54) is 0 Å². The smallest absolute Gasteiger partial charge is 0.399 e. The zero-order chi connectivity index (χ0) is 52.4. The van der Waals surface area contributed by atoms with Gasteiger partial charge in [-0.1, -0.05) is 97.1 Å². The molecule has 0 spiro atoms. The summed E-state index contributed by atoms with van der Waals surface area (Å²) in [6.45, 7) is 0. The van der Waals surface area contributed by atoms with Gasteiger partial charge in [0.05, 0.1) is 0 Å². The van der Waals surface area contributed by atoms with Crippen LogP contribution in [0.5, 0.6) is 0 Å². The molecule has 6 saturated heterocycles. The third kappa shape index (κ3) is 7.95. The SMILES string of the molecule is Nc1cccc([Si]23O[Si]4(c5cccc(N)c5)O[Si]5(c6cccc(N)c6)O[Si](c6cccc(N)c6)(O2)O[Si]2(c6cccc(N)c6)O[Si](c6cccc(N)c6)(O3)O[Si](c3cccc(N)c3)(O4)O[Si](c3cccc(N)c3)(O5)O2)c1. The number of nitrogen functional groups attached to an aromatic ring is 8. The van der Waals surface area contributed by atoms with Crippen molar-refractivity contribution in [2.45, 2.75) is 0 Å². The molecule has 0 radical (unpaired) electrons. The Morgan fingerprint density at radius 2 is 0.276 bits per heavy atom. The van der Waals surface area contributed by atoms with Crippen molar-refractivity contribution in [3.05, 3.63) is 194 Å². The fourth-order valence-corrected chi connectivity index (χ4v) is 56.3. The highest BCUT2D eigenvalue weighted by Gasteiger charge is 2.86. The van der Waals surface area contributed by atoms with Gasteiger partial charge >= 0.3 is 70.4 Å². The molecule has 6 aliphatic rings. The Balaban J connectivity index is 1.29. The predicted octanol–water partition coefficient (Wildman–Crippen LogP) is -0.320. The van der Waals surface area contributed by atoms with E-state index in [4.69, 9.17) is 95.3 Å². The zero-order valence-corrected chi connectivity index (χ0v) is 48.0. The van der Waals surface area contributed by atoms with Gasteiger partial charge in [0.15, 0.2) is 0 Å². The molecule has 28 heteroatoms. The molecule has 76 heavy (non-hydrogen) atoms. The molecule has 0 saturated carbocycles.